The molecule has 3 rings (SSSR count). The summed E-state index contributed by atoms with van der Waals surface area (Å²) < 4.78 is 11.6. The minimum Gasteiger partial charge on any atom is -0.493 e. The number of rotatable bonds is 7. The average Bonchev–Trinajstić information content (AvgIpc) is 2.96. The van der Waals surface area contributed by atoms with Crippen LogP contribution in [0.4, 0.5) is 0 Å². The number of carbonyl (C=O) groups is 1. The largest absolute Gasteiger partial charge is 0.493 e. The summed E-state index contributed by atoms with van der Waals surface area (Å²) in [5, 5.41) is 5.53. The number of hydrogen-bond acceptors (Lipinski definition) is 6. The Morgan fingerprint density at radius 1 is 1.00 bits per heavy atom. The highest BCUT2D eigenvalue weighted by Crippen LogP contribution is 2.34. The molecular weight excluding hydrogens is 392 g/mol. The van der Waals surface area contributed by atoms with Crippen molar-refractivity contribution in [3.05, 3.63) is 64.6 Å². The smallest absolute Gasteiger partial charge is 0.286 e. The number of amides is 1. The third-order valence-electron chi connectivity index (χ3n) is 3.81. The number of benzene rings is 2. The van der Waals surface area contributed by atoms with Crippen molar-refractivity contribution in [3.8, 4) is 11.5 Å². The maximum Gasteiger partial charge on any atom is 0.286 e. The highest BCUT2D eigenvalue weighted by Gasteiger charge is 2.32. The van der Waals surface area contributed by atoms with Crippen LogP contribution in [0.3, 0.4) is 0 Å². The molecule has 0 saturated carbocycles. The Morgan fingerprint density at radius 3 is 2.21 bits per heavy atom. The lowest BCUT2D eigenvalue weighted by molar-refractivity contribution is -0.122. The van der Waals surface area contributed by atoms with Crippen LogP contribution in [0.15, 0.2) is 58.5 Å². The van der Waals surface area contributed by atoms with Crippen LogP contribution in [0.25, 0.3) is 6.08 Å². The number of carbonyl (C=O) groups excluding carboxylic acids is 1. The summed E-state index contributed by atoms with van der Waals surface area (Å²) in [5.41, 5.74) is 1.61. The van der Waals surface area contributed by atoms with Gasteiger partial charge in [0, 0.05) is 11.1 Å². The summed E-state index contributed by atoms with van der Waals surface area (Å²) in [7, 11) is 0. The number of para-hydroxylation sites is 2. The van der Waals surface area contributed by atoms with E-state index < -0.39 is 0 Å². The highest BCUT2D eigenvalue weighted by atomic mass is 32.2. The molecule has 1 saturated heterocycles. The van der Waals surface area contributed by atoms with Crippen molar-refractivity contribution < 1.29 is 14.3 Å². The molecule has 1 fully saturated rings. The van der Waals surface area contributed by atoms with Gasteiger partial charge in [0.15, 0.2) is 4.32 Å². The zero-order valence-electron chi connectivity index (χ0n) is 15.6. The van der Waals surface area contributed by atoms with E-state index in [1.54, 1.807) is 12.3 Å². The maximum atomic E-state index is 12.8. The van der Waals surface area contributed by atoms with Gasteiger partial charge in [0.05, 0.1) is 24.3 Å². The van der Waals surface area contributed by atoms with E-state index in [1.807, 2.05) is 62.4 Å². The molecule has 7 heteroatoms. The Labute approximate surface area is 174 Å². The van der Waals surface area contributed by atoms with Gasteiger partial charge in [-0.15, -0.1) is 0 Å². The van der Waals surface area contributed by atoms with E-state index in [-0.39, 0.29) is 5.91 Å². The van der Waals surface area contributed by atoms with E-state index in [9.17, 15) is 4.79 Å². The summed E-state index contributed by atoms with van der Waals surface area (Å²) >= 11 is 6.57. The van der Waals surface area contributed by atoms with Crippen LogP contribution in [0, 0.1) is 0 Å². The number of hydrogen-bond donors (Lipinski definition) is 0. The predicted octanol–water partition coefficient (Wildman–Crippen LogP) is 4.72. The van der Waals surface area contributed by atoms with Crippen LogP contribution in [-0.4, -0.2) is 34.7 Å². The third kappa shape index (κ3) is 4.61. The van der Waals surface area contributed by atoms with Crippen LogP contribution in [0.1, 0.15) is 25.0 Å². The molecule has 1 amide bonds. The van der Waals surface area contributed by atoms with Crippen LogP contribution < -0.4 is 9.47 Å². The van der Waals surface area contributed by atoms with Gasteiger partial charge in [-0.2, -0.15) is 10.1 Å². The fraction of sp³-hybridized carbons (Fsp3) is 0.190. The lowest BCUT2D eigenvalue weighted by Crippen LogP contribution is -2.22. The molecule has 1 heterocycles. The molecule has 0 N–H and O–H groups in total. The zero-order chi connectivity index (χ0) is 19.9. The second kappa shape index (κ2) is 9.52. The van der Waals surface area contributed by atoms with E-state index in [2.05, 4.69) is 5.10 Å². The first-order valence-electron chi connectivity index (χ1n) is 8.89. The van der Waals surface area contributed by atoms with E-state index in [0.717, 1.165) is 16.9 Å². The van der Waals surface area contributed by atoms with Crippen LogP contribution in [0.2, 0.25) is 0 Å². The highest BCUT2D eigenvalue weighted by molar-refractivity contribution is 8.26. The molecular formula is C21H20N2O3S2. The molecule has 144 valence electrons. The normalized spacial score (nSPS) is 15.6. The van der Waals surface area contributed by atoms with Gasteiger partial charge in [-0.25, -0.2) is 0 Å². The number of thiocarbonyl (C=S) groups is 1. The monoisotopic (exact) mass is 412 g/mol. The first-order chi connectivity index (χ1) is 13.6. The van der Waals surface area contributed by atoms with Crippen molar-refractivity contribution in [1.29, 1.82) is 0 Å². The topological polar surface area (TPSA) is 51.1 Å². The second-order valence-electron chi connectivity index (χ2n) is 5.68. The first-order valence-corrected chi connectivity index (χ1v) is 10.1. The van der Waals surface area contributed by atoms with Gasteiger partial charge < -0.3 is 9.47 Å². The molecule has 0 unspecified atom stereocenters. The van der Waals surface area contributed by atoms with Crippen molar-refractivity contribution in [1.82, 2.24) is 5.01 Å². The molecule has 1 aliphatic rings. The van der Waals surface area contributed by atoms with Crippen LogP contribution >= 0.6 is 24.0 Å². The average molecular weight is 413 g/mol. The second-order valence-corrected chi connectivity index (χ2v) is 7.36. The fourth-order valence-corrected chi connectivity index (χ4v) is 3.74. The van der Waals surface area contributed by atoms with Crippen LogP contribution in [-0.2, 0) is 4.79 Å². The Balaban J connectivity index is 1.83. The molecule has 2 aromatic carbocycles. The maximum absolute atomic E-state index is 12.8. The number of ether oxygens (including phenoxy) is 2. The zero-order valence-corrected chi connectivity index (χ0v) is 17.3. The van der Waals surface area contributed by atoms with Crippen LogP contribution in [0.5, 0.6) is 11.5 Å². The first kappa shape index (κ1) is 20.1. The molecule has 5 nitrogen and oxygen atoms in total. The van der Waals surface area contributed by atoms with Crippen molar-refractivity contribution in [2.75, 3.05) is 13.2 Å². The number of thioether (sulfide) groups is 1. The van der Waals surface area contributed by atoms with Crippen molar-refractivity contribution in [2.24, 2.45) is 5.10 Å². The van der Waals surface area contributed by atoms with Gasteiger partial charge in [0.1, 0.15) is 11.5 Å². The lowest BCUT2D eigenvalue weighted by Gasteiger charge is -2.09. The Bertz CT molecular complexity index is 941. The van der Waals surface area contributed by atoms with E-state index in [0.29, 0.717) is 28.2 Å². The van der Waals surface area contributed by atoms with E-state index in [4.69, 9.17) is 21.7 Å². The minimum absolute atomic E-state index is 0.258. The molecule has 0 aliphatic carbocycles. The Kier molecular flexibility index (Phi) is 6.84. The summed E-state index contributed by atoms with van der Waals surface area (Å²) in [6.45, 7) is 4.94. The quantitative estimate of drug-likeness (QED) is 0.374. The minimum atomic E-state index is -0.258. The SMILES string of the molecule is CCOc1ccccc1/C=C1\SC(=S)N(/N=C/c2ccccc2OCC)C1=O. The summed E-state index contributed by atoms with van der Waals surface area (Å²) in [6.07, 6.45) is 3.38. The molecule has 0 atom stereocenters. The van der Waals surface area contributed by atoms with E-state index >= 15 is 0 Å². The van der Waals surface area contributed by atoms with Gasteiger partial charge in [-0.1, -0.05) is 42.1 Å². The van der Waals surface area contributed by atoms with Crippen molar-refractivity contribution in [2.45, 2.75) is 13.8 Å². The molecule has 0 spiro atoms. The van der Waals surface area contributed by atoms with Gasteiger partial charge in [-0.3, -0.25) is 4.79 Å². The van der Waals surface area contributed by atoms with E-state index in [1.165, 1.54) is 16.8 Å². The van der Waals surface area contributed by atoms with Gasteiger partial charge in [0.25, 0.3) is 5.91 Å². The molecule has 1 aliphatic heterocycles. The molecule has 0 radical (unpaired) electrons. The predicted molar refractivity (Wildman–Crippen MR) is 118 cm³/mol. The van der Waals surface area contributed by atoms with Gasteiger partial charge in [0.2, 0.25) is 0 Å². The summed E-state index contributed by atoms with van der Waals surface area (Å²) in [5.74, 6) is 1.18. The van der Waals surface area contributed by atoms with Gasteiger partial charge in [-0.05, 0) is 50.3 Å². The van der Waals surface area contributed by atoms with Crippen molar-refractivity contribution >= 4 is 46.5 Å². The van der Waals surface area contributed by atoms with Crippen molar-refractivity contribution in [3.63, 3.8) is 0 Å². The standard InChI is InChI=1S/C21H20N2O3S2/c1-3-25-17-11-7-5-9-15(17)13-19-20(24)23(21(27)28-19)22-14-16-10-6-8-12-18(16)26-4-2/h5-14H,3-4H2,1-2H3/b19-13-,22-14+. The summed E-state index contributed by atoms with van der Waals surface area (Å²) in [4.78, 5) is 13.3. The summed E-state index contributed by atoms with van der Waals surface area (Å²) in [6, 6.07) is 15.1. The lowest BCUT2D eigenvalue weighted by atomic mass is 10.2. The molecule has 28 heavy (non-hydrogen) atoms. The number of hydrazone groups is 1. The number of nitrogens with zero attached hydrogens (tertiary/aromatic N) is 2. The van der Waals surface area contributed by atoms with Gasteiger partial charge >= 0.3 is 0 Å². The third-order valence-corrected chi connectivity index (χ3v) is 5.09. The Hall–Kier alpha value is -2.64. The Morgan fingerprint density at radius 2 is 1.57 bits per heavy atom. The fourth-order valence-electron chi connectivity index (χ4n) is 2.58. The molecule has 0 aromatic heterocycles. The molecule has 0 bridgehead atoms. The molecule has 2 aromatic rings.